The first kappa shape index (κ1) is 26.9. The number of nitrogens with one attached hydrogen (secondary N) is 1. The SMILES string of the molecule is CCN1CCC(c2cccc3c2CCO3)CC1.O=C(NC1CCCCC1)c1ccc(N2CCOCC2)nc1.[HH]. The zero-order valence-corrected chi connectivity index (χ0v) is 23.0. The summed E-state index contributed by atoms with van der Waals surface area (Å²) in [6, 6.07) is 10.7. The van der Waals surface area contributed by atoms with Gasteiger partial charge in [0.2, 0.25) is 0 Å². The minimum Gasteiger partial charge on any atom is -0.493 e. The van der Waals surface area contributed by atoms with Crippen LogP contribution in [0.2, 0.25) is 0 Å². The van der Waals surface area contributed by atoms with Crippen LogP contribution in [-0.4, -0.2) is 74.4 Å². The number of anilines is 1. The van der Waals surface area contributed by atoms with Crippen molar-refractivity contribution in [2.24, 2.45) is 0 Å². The highest BCUT2D eigenvalue weighted by molar-refractivity contribution is 5.94. The van der Waals surface area contributed by atoms with Gasteiger partial charge in [-0.1, -0.05) is 38.3 Å². The third kappa shape index (κ3) is 6.86. The highest BCUT2D eigenvalue weighted by atomic mass is 16.5. The number of hydrogen-bond donors (Lipinski definition) is 1. The van der Waals surface area contributed by atoms with E-state index in [9.17, 15) is 4.79 Å². The van der Waals surface area contributed by atoms with E-state index in [0.717, 1.165) is 69.7 Å². The highest BCUT2D eigenvalue weighted by Crippen LogP contribution is 2.36. The van der Waals surface area contributed by atoms with Crippen LogP contribution in [0.25, 0.3) is 0 Å². The Bertz CT molecular complexity index is 1030. The fraction of sp³-hybridized carbons (Fsp3) is 0.613. The van der Waals surface area contributed by atoms with E-state index in [1.807, 2.05) is 12.1 Å². The Balaban J connectivity index is 0.000000180. The molecule has 0 radical (unpaired) electrons. The zero-order valence-electron chi connectivity index (χ0n) is 23.0. The van der Waals surface area contributed by atoms with Crippen molar-refractivity contribution in [1.82, 2.24) is 15.2 Å². The summed E-state index contributed by atoms with van der Waals surface area (Å²) in [4.78, 5) is 21.4. The second-order valence-corrected chi connectivity index (χ2v) is 10.9. The van der Waals surface area contributed by atoms with Crippen LogP contribution in [0.3, 0.4) is 0 Å². The highest BCUT2D eigenvalue weighted by Gasteiger charge is 2.25. The van der Waals surface area contributed by atoms with Gasteiger partial charge >= 0.3 is 0 Å². The molecule has 1 aromatic carbocycles. The van der Waals surface area contributed by atoms with Crippen LogP contribution in [0.1, 0.15) is 80.7 Å². The lowest BCUT2D eigenvalue weighted by Crippen LogP contribution is -2.37. The number of carbonyl (C=O) groups is 1. The maximum Gasteiger partial charge on any atom is 0.253 e. The van der Waals surface area contributed by atoms with Gasteiger partial charge in [0.05, 0.1) is 25.4 Å². The predicted octanol–water partition coefficient (Wildman–Crippen LogP) is 5.05. The van der Waals surface area contributed by atoms with Gasteiger partial charge in [-0.2, -0.15) is 0 Å². The van der Waals surface area contributed by atoms with E-state index < -0.39 is 0 Å². The van der Waals surface area contributed by atoms with Crippen molar-refractivity contribution in [3.8, 4) is 5.75 Å². The number of carbonyl (C=O) groups excluding carboxylic acids is 1. The first-order valence-electron chi connectivity index (χ1n) is 14.8. The number of amides is 1. The summed E-state index contributed by atoms with van der Waals surface area (Å²) in [5.74, 6) is 2.82. The molecule has 3 aliphatic heterocycles. The van der Waals surface area contributed by atoms with E-state index in [2.05, 4.69) is 45.2 Å². The average molecular weight is 523 g/mol. The van der Waals surface area contributed by atoms with Gasteiger partial charge in [0.1, 0.15) is 11.6 Å². The molecule has 1 aliphatic carbocycles. The first-order chi connectivity index (χ1) is 18.7. The lowest BCUT2D eigenvalue weighted by molar-refractivity contribution is 0.0927. The molecular weight excluding hydrogens is 476 g/mol. The van der Waals surface area contributed by atoms with Crippen molar-refractivity contribution in [2.75, 3.05) is 57.4 Å². The Kier molecular flexibility index (Phi) is 9.52. The smallest absolute Gasteiger partial charge is 0.253 e. The average Bonchev–Trinajstić information content (AvgIpc) is 3.48. The van der Waals surface area contributed by atoms with Gasteiger partial charge in [-0.05, 0) is 75.0 Å². The molecule has 1 aromatic heterocycles. The zero-order chi connectivity index (χ0) is 26.2. The van der Waals surface area contributed by atoms with Crippen LogP contribution >= 0.6 is 0 Å². The molecule has 0 unspecified atom stereocenters. The summed E-state index contributed by atoms with van der Waals surface area (Å²) in [6.45, 7) is 10.0. The summed E-state index contributed by atoms with van der Waals surface area (Å²) in [5.41, 5.74) is 3.70. The maximum atomic E-state index is 12.2. The summed E-state index contributed by atoms with van der Waals surface area (Å²) < 4.78 is 11.0. The summed E-state index contributed by atoms with van der Waals surface area (Å²) in [5, 5.41) is 3.12. The molecule has 38 heavy (non-hydrogen) atoms. The molecule has 208 valence electrons. The summed E-state index contributed by atoms with van der Waals surface area (Å²) in [6.07, 6.45) is 11.4. The van der Waals surface area contributed by atoms with Crippen molar-refractivity contribution < 1.29 is 15.7 Å². The number of pyridine rings is 1. The Morgan fingerprint density at radius 1 is 1.00 bits per heavy atom. The lowest BCUT2D eigenvalue weighted by atomic mass is 9.86. The van der Waals surface area contributed by atoms with Gasteiger partial charge in [0.25, 0.3) is 5.91 Å². The van der Waals surface area contributed by atoms with Crippen LogP contribution in [0.5, 0.6) is 5.75 Å². The molecule has 0 atom stereocenters. The van der Waals surface area contributed by atoms with E-state index in [0.29, 0.717) is 11.6 Å². The Hall–Kier alpha value is -2.64. The molecule has 4 heterocycles. The molecule has 0 spiro atoms. The largest absolute Gasteiger partial charge is 0.493 e. The van der Waals surface area contributed by atoms with Gasteiger partial charge in [-0.25, -0.2) is 4.98 Å². The number of morpholine rings is 1. The number of benzene rings is 1. The van der Waals surface area contributed by atoms with Crippen LogP contribution in [-0.2, 0) is 11.2 Å². The molecule has 3 fully saturated rings. The number of piperidine rings is 1. The van der Waals surface area contributed by atoms with Crippen LogP contribution in [0.15, 0.2) is 36.5 Å². The normalized spacial score (nSPS) is 20.7. The molecule has 7 nitrogen and oxygen atoms in total. The molecular formula is C31H46N4O3. The van der Waals surface area contributed by atoms with Crippen molar-refractivity contribution in [3.05, 3.63) is 53.2 Å². The number of hydrogen-bond acceptors (Lipinski definition) is 6. The molecule has 1 saturated carbocycles. The van der Waals surface area contributed by atoms with Gasteiger partial charge in [-0.3, -0.25) is 4.79 Å². The minimum absolute atomic E-state index is 0. The van der Waals surface area contributed by atoms with Crippen molar-refractivity contribution >= 4 is 11.7 Å². The number of likely N-dealkylation sites (tertiary alicyclic amines) is 1. The molecule has 4 aliphatic rings. The molecule has 1 N–H and O–H groups in total. The number of rotatable bonds is 5. The van der Waals surface area contributed by atoms with E-state index in [1.165, 1.54) is 57.3 Å². The number of nitrogens with zero attached hydrogens (tertiary/aromatic N) is 3. The first-order valence-corrected chi connectivity index (χ1v) is 14.8. The minimum atomic E-state index is 0. The second-order valence-electron chi connectivity index (χ2n) is 10.9. The van der Waals surface area contributed by atoms with Crippen molar-refractivity contribution in [3.63, 3.8) is 0 Å². The fourth-order valence-electron chi connectivity index (χ4n) is 6.21. The summed E-state index contributed by atoms with van der Waals surface area (Å²) >= 11 is 0. The number of fused-ring (bicyclic) bond motifs is 1. The number of aromatic nitrogens is 1. The molecule has 2 aromatic rings. The van der Waals surface area contributed by atoms with Crippen molar-refractivity contribution in [2.45, 2.75) is 70.3 Å². The summed E-state index contributed by atoms with van der Waals surface area (Å²) in [7, 11) is 0. The van der Waals surface area contributed by atoms with Gasteiger partial charge in [0.15, 0.2) is 0 Å². The molecule has 1 amide bonds. The molecule has 7 heteroatoms. The quantitative estimate of drug-likeness (QED) is 0.593. The van der Waals surface area contributed by atoms with Gasteiger partial charge in [0, 0.05) is 38.7 Å². The fourth-order valence-corrected chi connectivity index (χ4v) is 6.21. The Morgan fingerprint density at radius 3 is 2.50 bits per heavy atom. The second kappa shape index (κ2) is 13.4. The third-order valence-corrected chi connectivity index (χ3v) is 8.54. The maximum absolute atomic E-state index is 12.2. The monoisotopic (exact) mass is 522 g/mol. The molecule has 0 bridgehead atoms. The van der Waals surface area contributed by atoms with Gasteiger partial charge < -0.3 is 24.6 Å². The van der Waals surface area contributed by atoms with Gasteiger partial charge in [-0.15, -0.1) is 0 Å². The Labute approximate surface area is 229 Å². The van der Waals surface area contributed by atoms with Crippen molar-refractivity contribution in [1.29, 1.82) is 0 Å². The van der Waals surface area contributed by atoms with E-state index in [4.69, 9.17) is 9.47 Å². The Morgan fingerprint density at radius 2 is 1.79 bits per heavy atom. The lowest BCUT2D eigenvalue weighted by Gasteiger charge is -2.32. The van der Waals surface area contributed by atoms with E-state index in [-0.39, 0.29) is 7.33 Å². The molecule has 6 rings (SSSR count). The topological polar surface area (TPSA) is 66.9 Å². The van der Waals surface area contributed by atoms with Crippen LogP contribution in [0.4, 0.5) is 5.82 Å². The van der Waals surface area contributed by atoms with E-state index in [1.54, 1.807) is 11.8 Å². The molecule has 2 saturated heterocycles. The van der Waals surface area contributed by atoms with E-state index >= 15 is 0 Å². The van der Waals surface area contributed by atoms with Crippen LogP contribution in [0, 0.1) is 0 Å². The van der Waals surface area contributed by atoms with Crippen LogP contribution < -0.4 is 15.0 Å². The standard InChI is InChI=1S/C16H23N3O2.C15H21NO.H2/c20-16(18-14-4-2-1-3-5-14)13-6-7-15(17-12-13)19-8-10-21-11-9-19;1-2-16-9-6-12(7-10-16)13-4-3-5-15-14(13)8-11-17-15;/h6-7,12,14H,1-5,8-11H2,(H,18,20);3-5,12H,2,6-11H2,1H3;1H. The predicted molar refractivity (Wildman–Crippen MR) is 153 cm³/mol. The number of ether oxygens (including phenoxy) is 2. The third-order valence-electron chi connectivity index (χ3n) is 8.54.